The maximum atomic E-state index is 6.95. The molecule has 2 unspecified atom stereocenters. The number of hydrogen-bond donors (Lipinski definition) is 0. The van der Waals surface area contributed by atoms with Crippen molar-refractivity contribution in [1.82, 2.24) is 9.88 Å². The summed E-state index contributed by atoms with van der Waals surface area (Å²) in [5, 5.41) is 0. The van der Waals surface area contributed by atoms with Crippen LogP contribution >= 0.6 is 11.6 Å². The van der Waals surface area contributed by atoms with Crippen molar-refractivity contribution in [3.8, 4) is 0 Å². The van der Waals surface area contributed by atoms with Crippen molar-refractivity contribution in [2.45, 2.75) is 10.9 Å². The molecule has 1 aromatic heterocycles. The molecule has 1 aliphatic heterocycles. The lowest BCUT2D eigenvalue weighted by atomic mass is 9.90. The van der Waals surface area contributed by atoms with Gasteiger partial charge in [0.15, 0.2) is 5.00 Å². The first kappa shape index (κ1) is 12.2. The lowest BCUT2D eigenvalue weighted by Crippen LogP contribution is -2.37. The number of nitrogens with zero attached hydrogens (tertiary/aromatic N) is 2. The maximum absolute atomic E-state index is 6.95. The van der Waals surface area contributed by atoms with Crippen LogP contribution in [0.4, 0.5) is 0 Å². The molecule has 0 bridgehead atoms. The molecule has 0 N–H and O–H groups in total. The molecule has 0 fully saturated rings. The molecule has 2 nitrogen and oxygen atoms in total. The molecule has 2 aromatic rings. The van der Waals surface area contributed by atoms with Gasteiger partial charge in [0.05, 0.1) is 5.69 Å². The first-order valence-electron chi connectivity index (χ1n) is 6.29. The summed E-state index contributed by atoms with van der Waals surface area (Å²) in [7, 11) is 1.99. The third kappa shape index (κ3) is 1.92. The van der Waals surface area contributed by atoms with Crippen LogP contribution in [0.3, 0.4) is 0 Å². The van der Waals surface area contributed by atoms with E-state index in [1.165, 1.54) is 5.56 Å². The third-order valence-corrected chi connectivity index (χ3v) is 4.31. The first-order valence-corrected chi connectivity index (χ1v) is 6.67. The van der Waals surface area contributed by atoms with Crippen LogP contribution in [0.5, 0.6) is 0 Å². The number of benzene rings is 1. The average molecular weight is 271 g/mol. The molecule has 96 valence electrons. The summed E-state index contributed by atoms with van der Waals surface area (Å²) in [6.07, 6.45) is 5.95. The minimum absolute atomic E-state index is 0.0928. The van der Waals surface area contributed by atoms with Gasteiger partial charge in [0, 0.05) is 19.2 Å². The zero-order valence-electron chi connectivity index (χ0n) is 10.7. The van der Waals surface area contributed by atoms with Crippen LogP contribution in [0, 0.1) is 0 Å². The smallest absolute Gasteiger partial charge is 0.167 e. The zero-order valence-corrected chi connectivity index (χ0v) is 11.5. The monoisotopic (exact) mass is 270 g/mol. The highest BCUT2D eigenvalue weighted by atomic mass is 35.5. The molecule has 2 atom stereocenters. The van der Waals surface area contributed by atoms with Crippen LogP contribution in [-0.4, -0.2) is 16.9 Å². The van der Waals surface area contributed by atoms with E-state index >= 15 is 0 Å². The van der Waals surface area contributed by atoms with Crippen LogP contribution < -0.4 is 0 Å². The van der Waals surface area contributed by atoms with Gasteiger partial charge in [0.2, 0.25) is 0 Å². The summed E-state index contributed by atoms with van der Waals surface area (Å²) >= 11 is 6.95. The van der Waals surface area contributed by atoms with E-state index in [1.807, 2.05) is 54.5 Å². The maximum Gasteiger partial charge on any atom is 0.167 e. The summed E-state index contributed by atoms with van der Waals surface area (Å²) in [6, 6.07) is 16.2. The molecule has 19 heavy (non-hydrogen) atoms. The van der Waals surface area contributed by atoms with Crippen molar-refractivity contribution < 1.29 is 0 Å². The number of halogens is 1. The van der Waals surface area contributed by atoms with Gasteiger partial charge in [-0.25, -0.2) is 0 Å². The van der Waals surface area contributed by atoms with Crippen molar-refractivity contribution in [3.63, 3.8) is 0 Å². The fourth-order valence-electron chi connectivity index (χ4n) is 2.57. The molecule has 1 aromatic carbocycles. The van der Waals surface area contributed by atoms with Crippen molar-refractivity contribution in [3.05, 3.63) is 78.3 Å². The normalized spacial score (nSPS) is 25.8. The Morgan fingerprint density at radius 2 is 1.84 bits per heavy atom. The second-order valence-electron chi connectivity index (χ2n) is 4.73. The summed E-state index contributed by atoms with van der Waals surface area (Å²) in [4.78, 5) is 5.82. The van der Waals surface area contributed by atoms with Gasteiger partial charge in [-0.3, -0.25) is 4.98 Å². The average Bonchev–Trinajstić information content (AvgIpc) is 2.78. The highest BCUT2D eigenvalue weighted by Crippen LogP contribution is 2.48. The number of rotatable bonds is 2. The minimum Gasteiger partial charge on any atom is -0.357 e. The molecule has 1 aliphatic rings. The van der Waals surface area contributed by atoms with Crippen LogP contribution in [-0.2, 0) is 5.00 Å². The van der Waals surface area contributed by atoms with Crippen molar-refractivity contribution >= 4 is 11.6 Å². The third-order valence-electron chi connectivity index (χ3n) is 3.61. The van der Waals surface area contributed by atoms with E-state index in [2.05, 4.69) is 23.2 Å². The molecule has 0 saturated carbocycles. The van der Waals surface area contributed by atoms with E-state index in [-0.39, 0.29) is 5.92 Å². The predicted octanol–water partition coefficient (Wildman–Crippen LogP) is 3.72. The van der Waals surface area contributed by atoms with Gasteiger partial charge >= 0.3 is 0 Å². The summed E-state index contributed by atoms with van der Waals surface area (Å²) in [6.45, 7) is 0. The predicted molar refractivity (Wildman–Crippen MR) is 77.9 cm³/mol. The molecular weight excluding hydrogens is 256 g/mol. The second-order valence-corrected chi connectivity index (χ2v) is 5.31. The number of alkyl halides is 1. The Kier molecular flexibility index (Phi) is 3.03. The number of hydrogen-bond acceptors (Lipinski definition) is 2. The highest BCUT2D eigenvalue weighted by Gasteiger charge is 2.45. The second kappa shape index (κ2) is 4.71. The Balaban J connectivity index is 2.08. The molecule has 2 heterocycles. The van der Waals surface area contributed by atoms with E-state index in [1.54, 1.807) is 6.20 Å². The number of aromatic nitrogens is 1. The molecule has 0 radical (unpaired) electrons. The molecule has 0 amide bonds. The van der Waals surface area contributed by atoms with Gasteiger partial charge in [0.25, 0.3) is 0 Å². The van der Waals surface area contributed by atoms with Gasteiger partial charge in [-0.15, -0.1) is 0 Å². The zero-order chi connectivity index (χ0) is 13.3. The molecular formula is C16H15ClN2. The Labute approximate surface area is 118 Å². The fraction of sp³-hybridized carbons (Fsp3) is 0.188. The summed E-state index contributed by atoms with van der Waals surface area (Å²) in [5.74, 6) is 0.0928. The van der Waals surface area contributed by atoms with Gasteiger partial charge < -0.3 is 4.90 Å². The highest BCUT2D eigenvalue weighted by molar-refractivity contribution is 6.24. The van der Waals surface area contributed by atoms with E-state index in [9.17, 15) is 0 Å². The molecule has 3 rings (SSSR count). The topological polar surface area (TPSA) is 16.1 Å². The van der Waals surface area contributed by atoms with Gasteiger partial charge in [0.1, 0.15) is 0 Å². The summed E-state index contributed by atoms with van der Waals surface area (Å²) in [5.41, 5.74) is 2.07. The van der Waals surface area contributed by atoms with Crippen molar-refractivity contribution in [1.29, 1.82) is 0 Å². The van der Waals surface area contributed by atoms with Gasteiger partial charge in [-0.2, -0.15) is 0 Å². The van der Waals surface area contributed by atoms with E-state index in [4.69, 9.17) is 11.6 Å². The summed E-state index contributed by atoms with van der Waals surface area (Å²) < 4.78 is 0. The van der Waals surface area contributed by atoms with Crippen molar-refractivity contribution in [2.24, 2.45) is 0 Å². The molecule has 0 saturated heterocycles. The Bertz CT molecular complexity index is 582. The molecule has 0 aliphatic carbocycles. The van der Waals surface area contributed by atoms with Gasteiger partial charge in [-0.05, 0) is 23.9 Å². The number of pyridine rings is 1. The van der Waals surface area contributed by atoms with Crippen LogP contribution in [0.1, 0.15) is 17.2 Å². The van der Waals surface area contributed by atoms with E-state index < -0.39 is 5.00 Å². The van der Waals surface area contributed by atoms with E-state index in [0.717, 1.165) is 5.69 Å². The Morgan fingerprint density at radius 1 is 1.11 bits per heavy atom. The Morgan fingerprint density at radius 3 is 2.53 bits per heavy atom. The van der Waals surface area contributed by atoms with E-state index in [0.29, 0.717) is 0 Å². The SMILES string of the molecule is CN1C=CC(c2ccccc2)C1(Cl)c1ccccn1. The Hall–Kier alpha value is -1.80. The van der Waals surface area contributed by atoms with Crippen LogP contribution in [0.15, 0.2) is 67.0 Å². The lowest BCUT2D eigenvalue weighted by molar-refractivity contribution is 0.283. The molecule has 3 heteroatoms. The van der Waals surface area contributed by atoms with Crippen LogP contribution in [0.2, 0.25) is 0 Å². The number of likely N-dealkylation sites (N-methyl/N-ethyl adjacent to an activating group) is 1. The van der Waals surface area contributed by atoms with Crippen molar-refractivity contribution in [2.75, 3.05) is 7.05 Å². The minimum atomic E-state index is -0.650. The van der Waals surface area contributed by atoms with Gasteiger partial charge in [-0.1, -0.05) is 54.1 Å². The van der Waals surface area contributed by atoms with Crippen LogP contribution in [0.25, 0.3) is 0 Å². The lowest BCUT2D eigenvalue weighted by Gasteiger charge is -2.35. The largest absolute Gasteiger partial charge is 0.357 e. The fourth-order valence-corrected chi connectivity index (χ4v) is 2.94. The molecule has 0 spiro atoms. The standard InChI is InChI=1S/C16H15ClN2/c1-19-12-10-14(13-7-3-2-4-8-13)16(19,17)15-9-5-6-11-18-15/h2-12,14H,1H3. The first-order chi connectivity index (χ1) is 9.23. The quantitative estimate of drug-likeness (QED) is 0.611.